The molecule has 0 aromatic heterocycles. The van der Waals surface area contributed by atoms with Crippen LogP contribution in [0, 0.1) is 0 Å². The van der Waals surface area contributed by atoms with Crippen LogP contribution in [0.5, 0.6) is 5.75 Å². The van der Waals surface area contributed by atoms with Gasteiger partial charge >= 0.3 is 0 Å². The van der Waals surface area contributed by atoms with Crippen LogP contribution in [-0.4, -0.2) is 17.9 Å². The summed E-state index contributed by atoms with van der Waals surface area (Å²) in [6.07, 6.45) is 2.77. The van der Waals surface area contributed by atoms with E-state index in [0.717, 1.165) is 8.58 Å². The molecule has 1 rings (SSSR count). The average Bonchev–Trinajstić information content (AvgIpc) is 2.08. The van der Waals surface area contributed by atoms with E-state index in [1.165, 1.54) is 12.6 Å². The molecule has 1 nitrogen and oxygen atoms in total. The molecule has 0 aliphatic rings. The van der Waals surface area contributed by atoms with Crippen LogP contribution in [0.25, 0.3) is 0 Å². The fourth-order valence-corrected chi connectivity index (χ4v) is 1.18. The SMILES string of the molecule is CCCPC.Oc1ccccc1.[Y]. The van der Waals surface area contributed by atoms with E-state index in [-0.39, 0.29) is 32.7 Å². The molecular weight excluding hydrogens is 256 g/mol. The molecule has 1 unspecified atom stereocenters. The Balaban J connectivity index is 0. The Labute approximate surface area is 108 Å². The molecule has 1 atom stereocenters. The molecule has 1 N–H and O–H groups in total. The molecule has 0 saturated heterocycles. The van der Waals surface area contributed by atoms with Gasteiger partial charge in [0.1, 0.15) is 5.75 Å². The predicted molar refractivity (Wildman–Crippen MR) is 57.5 cm³/mol. The van der Waals surface area contributed by atoms with Gasteiger partial charge in [-0.15, -0.1) is 8.58 Å². The molecule has 0 bridgehead atoms. The Bertz CT molecular complexity index is 178. The summed E-state index contributed by atoms with van der Waals surface area (Å²) in [6.45, 7) is 4.46. The number of phenols is 1. The monoisotopic (exact) mass is 273 g/mol. The Hall–Kier alpha value is 0.554. The van der Waals surface area contributed by atoms with Crippen molar-refractivity contribution in [3.8, 4) is 5.75 Å². The van der Waals surface area contributed by atoms with Gasteiger partial charge in [-0.3, -0.25) is 0 Å². The minimum absolute atomic E-state index is 0. The summed E-state index contributed by atoms with van der Waals surface area (Å²) in [5.41, 5.74) is 0. The van der Waals surface area contributed by atoms with Crippen molar-refractivity contribution in [3.63, 3.8) is 0 Å². The minimum Gasteiger partial charge on any atom is -0.508 e. The third-order valence-corrected chi connectivity index (χ3v) is 2.26. The Morgan fingerprint density at radius 1 is 1.23 bits per heavy atom. The zero-order valence-electron chi connectivity index (χ0n) is 8.33. The summed E-state index contributed by atoms with van der Waals surface area (Å²) in [4.78, 5) is 0. The first-order valence-corrected chi connectivity index (χ1v) is 5.90. The second-order valence-electron chi connectivity index (χ2n) is 2.44. The van der Waals surface area contributed by atoms with E-state index in [1.54, 1.807) is 24.3 Å². The van der Waals surface area contributed by atoms with Crippen LogP contribution in [0.3, 0.4) is 0 Å². The molecule has 0 saturated carbocycles. The van der Waals surface area contributed by atoms with Gasteiger partial charge in [0.15, 0.2) is 0 Å². The fourth-order valence-electron chi connectivity index (χ4n) is 0.678. The van der Waals surface area contributed by atoms with Gasteiger partial charge in [0.05, 0.1) is 0 Å². The normalized spacial score (nSPS) is 8.77. The number of para-hydroxylation sites is 1. The Morgan fingerprint density at radius 3 is 1.92 bits per heavy atom. The van der Waals surface area contributed by atoms with Gasteiger partial charge in [0.2, 0.25) is 0 Å². The third-order valence-electron chi connectivity index (χ3n) is 1.26. The average molecular weight is 273 g/mol. The number of aromatic hydroxyl groups is 1. The topological polar surface area (TPSA) is 20.2 Å². The fraction of sp³-hybridized carbons (Fsp3) is 0.400. The van der Waals surface area contributed by atoms with Gasteiger partial charge in [0.25, 0.3) is 0 Å². The van der Waals surface area contributed by atoms with Crippen molar-refractivity contribution in [2.45, 2.75) is 13.3 Å². The molecule has 0 amide bonds. The second kappa shape index (κ2) is 12.6. The van der Waals surface area contributed by atoms with Crippen molar-refractivity contribution < 1.29 is 37.8 Å². The van der Waals surface area contributed by atoms with E-state index < -0.39 is 0 Å². The van der Waals surface area contributed by atoms with Crippen molar-refractivity contribution in [1.29, 1.82) is 0 Å². The van der Waals surface area contributed by atoms with Gasteiger partial charge in [-0.25, -0.2) is 0 Å². The van der Waals surface area contributed by atoms with Gasteiger partial charge in [-0.2, -0.15) is 0 Å². The Kier molecular flexibility index (Phi) is 15.5. The van der Waals surface area contributed by atoms with Gasteiger partial charge < -0.3 is 5.11 Å². The molecule has 0 heterocycles. The van der Waals surface area contributed by atoms with Crippen molar-refractivity contribution in [2.24, 2.45) is 0 Å². The first-order valence-electron chi connectivity index (χ1n) is 4.19. The van der Waals surface area contributed by atoms with Gasteiger partial charge in [-0.05, 0) is 25.0 Å². The van der Waals surface area contributed by atoms with Crippen LogP contribution >= 0.6 is 8.58 Å². The summed E-state index contributed by atoms with van der Waals surface area (Å²) in [5.74, 6) is 0.322. The van der Waals surface area contributed by atoms with E-state index in [2.05, 4.69) is 13.6 Å². The van der Waals surface area contributed by atoms with Crippen LogP contribution in [-0.2, 0) is 32.7 Å². The van der Waals surface area contributed by atoms with Crippen molar-refractivity contribution >= 4 is 8.58 Å². The van der Waals surface area contributed by atoms with Crippen LogP contribution < -0.4 is 0 Å². The first-order chi connectivity index (χ1) is 5.81. The van der Waals surface area contributed by atoms with E-state index in [0.29, 0.717) is 5.75 Å². The number of hydrogen-bond donors (Lipinski definition) is 1. The maximum absolute atomic E-state index is 8.63. The molecule has 3 heteroatoms. The molecule has 0 fully saturated rings. The molecule has 13 heavy (non-hydrogen) atoms. The van der Waals surface area contributed by atoms with E-state index >= 15 is 0 Å². The van der Waals surface area contributed by atoms with Gasteiger partial charge in [-0.1, -0.05) is 31.5 Å². The summed E-state index contributed by atoms with van der Waals surface area (Å²) >= 11 is 0. The molecule has 0 aliphatic heterocycles. The van der Waals surface area contributed by atoms with E-state index in [9.17, 15) is 0 Å². The first kappa shape index (κ1) is 16.0. The number of hydrogen-bond acceptors (Lipinski definition) is 1. The number of phenolic OH excluding ortho intramolecular Hbond substituents is 1. The predicted octanol–water partition coefficient (Wildman–Crippen LogP) is 3.09. The van der Waals surface area contributed by atoms with Crippen LogP contribution in [0.4, 0.5) is 0 Å². The molecule has 1 radical (unpaired) electrons. The van der Waals surface area contributed by atoms with Crippen molar-refractivity contribution in [3.05, 3.63) is 30.3 Å². The van der Waals surface area contributed by atoms with Crippen LogP contribution in [0.15, 0.2) is 30.3 Å². The zero-order valence-corrected chi connectivity index (χ0v) is 12.2. The smallest absolute Gasteiger partial charge is 0.115 e. The van der Waals surface area contributed by atoms with E-state index in [1.807, 2.05) is 6.07 Å². The largest absolute Gasteiger partial charge is 0.508 e. The maximum atomic E-state index is 8.63. The third kappa shape index (κ3) is 12.6. The van der Waals surface area contributed by atoms with Gasteiger partial charge in [0, 0.05) is 32.7 Å². The summed E-state index contributed by atoms with van der Waals surface area (Å²) < 4.78 is 0. The zero-order chi connectivity index (χ0) is 9.23. The van der Waals surface area contributed by atoms with Crippen molar-refractivity contribution in [2.75, 3.05) is 12.8 Å². The number of rotatable bonds is 2. The standard InChI is InChI=1S/C6H6O.C4H11P.Y/c7-6-4-2-1-3-5-6;1-3-4-5-2;/h1-5,7H;5H,3-4H2,1-2H3;. The molecular formula is C10H17OPY. The molecule has 0 spiro atoms. The second-order valence-corrected chi connectivity index (χ2v) is 3.65. The minimum atomic E-state index is 0. The quantitative estimate of drug-likeness (QED) is 0.821. The molecule has 1 aromatic carbocycles. The van der Waals surface area contributed by atoms with Crippen LogP contribution in [0.2, 0.25) is 0 Å². The number of benzene rings is 1. The molecule has 1 aromatic rings. The van der Waals surface area contributed by atoms with E-state index in [4.69, 9.17) is 5.11 Å². The van der Waals surface area contributed by atoms with Crippen molar-refractivity contribution in [1.82, 2.24) is 0 Å². The van der Waals surface area contributed by atoms with Crippen LogP contribution in [0.1, 0.15) is 13.3 Å². The summed E-state index contributed by atoms with van der Waals surface area (Å²) in [6, 6.07) is 8.71. The maximum Gasteiger partial charge on any atom is 0.115 e. The summed E-state index contributed by atoms with van der Waals surface area (Å²) in [7, 11) is 1.16. The molecule has 71 valence electrons. The molecule has 0 aliphatic carbocycles. The Morgan fingerprint density at radius 2 is 1.77 bits per heavy atom. The summed E-state index contributed by atoms with van der Waals surface area (Å²) in [5, 5.41) is 8.63.